The Bertz CT molecular complexity index is 1010. The number of allylic oxidation sites excluding steroid dienone is 10. The summed E-state index contributed by atoms with van der Waals surface area (Å²) in [5.74, 6) is -0.912. The van der Waals surface area contributed by atoms with Crippen molar-refractivity contribution in [1.82, 2.24) is 0 Å². The summed E-state index contributed by atoms with van der Waals surface area (Å²) < 4.78 is 32.6. The van der Waals surface area contributed by atoms with Crippen LogP contribution in [-0.2, 0) is 32.7 Å². The van der Waals surface area contributed by atoms with Gasteiger partial charge in [-0.25, -0.2) is 4.57 Å². The molecule has 0 radical (unpaired) electrons. The smallest absolute Gasteiger partial charge is 0.462 e. The molecule has 1 unspecified atom stereocenters. The van der Waals surface area contributed by atoms with Crippen molar-refractivity contribution >= 4 is 19.8 Å². The molecule has 0 saturated heterocycles. The maximum Gasteiger partial charge on any atom is 0.472 e. The van der Waals surface area contributed by atoms with E-state index in [9.17, 15) is 19.0 Å². The monoisotopic (exact) mass is 723 g/mol. The van der Waals surface area contributed by atoms with Crippen LogP contribution in [0.3, 0.4) is 0 Å². The highest BCUT2D eigenvalue weighted by Gasteiger charge is 2.25. The van der Waals surface area contributed by atoms with E-state index in [0.29, 0.717) is 19.3 Å². The molecule has 10 heteroatoms. The highest BCUT2D eigenvalue weighted by atomic mass is 31.2. The molecule has 0 spiro atoms. The molecule has 0 aromatic heterocycles. The molecule has 0 rings (SSSR count). The number of nitrogens with two attached hydrogens (primary N) is 1. The van der Waals surface area contributed by atoms with E-state index >= 15 is 0 Å². The van der Waals surface area contributed by atoms with Gasteiger partial charge in [-0.1, -0.05) is 120 Å². The Morgan fingerprint density at radius 1 is 0.600 bits per heavy atom. The van der Waals surface area contributed by atoms with Crippen molar-refractivity contribution in [2.75, 3.05) is 26.4 Å². The van der Waals surface area contributed by atoms with Gasteiger partial charge in [-0.05, 0) is 77.0 Å². The molecule has 0 aliphatic rings. The standard InChI is InChI=1S/C40H70NO8P/c1-3-5-7-9-11-13-15-17-18-19-20-21-23-25-27-29-31-33-40(43)49-38(37-48-50(44,45)47-35-34-41)36-46-39(42)32-30-28-26-24-22-16-14-12-10-8-6-4-2/h11-14,17-18,20-21,25,27,38H,3-10,15-16,19,22-24,26,28-37,41H2,1-2H3,(H,44,45)/b13-11-,14-12-,18-17-,21-20-,27-25-/t38-/m1/s1. The molecule has 0 amide bonds. The lowest BCUT2D eigenvalue weighted by Crippen LogP contribution is -2.29. The minimum absolute atomic E-state index is 0.0412. The van der Waals surface area contributed by atoms with Gasteiger partial charge < -0.3 is 20.1 Å². The first kappa shape index (κ1) is 47.7. The van der Waals surface area contributed by atoms with Crippen LogP contribution in [0.2, 0.25) is 0 Å². The number of phosphoric acid groups is 1. The van der Waals surface area contributed by atoms with Gasteiger partial charge in [0.15, 0.2) is 6.10 Å². The second-order valence-corrected chi connectivity index (χ2v) is 13.9. The van der Waals surface area contributed by atoms with Gasteiger partial charge in [0.2, 0.25) is 0 Å². The van der Waals surface area contributed by atoms with E-state index in [1.54, 1.807) is 0 Å². The minimum atomic E-state index is -4.39. The Morgan fingerprint density at radius 2 is 1.06 bits per heavy atom. The summed E-state index contributed by atoms with van der Waals surface area (Å²) in [6, 6.07) is 0. The van der Waals surface area contributed by atoms with Gasteiger partial charge in [-0.15, -0.1) is 0 Å². The zero-order chi connectivity index (χ0) is 36.8. The minimum Gasteiger partial charge on any atom is -0.462 e. The van der Waals surface area contributed by atoms with Crippen LogP contribution in [0.25, 0.3) is 0 Å². The molecule has 9 nitrogen and oxygen atoms in total. The number of rotatable bonds is 35. The van der Waals surface area contributed by atoms with Crippen molar-refractivity contribution in [1.29, 1.82) is 0 Å². The van der Waals surface area contributed by atoms with Crippen molar-refractivity contribution < 1.29 is 37.6 Å². The largest absolute Gasteiger partial charge is 0.472 e. The quantitative estimate of drug-likeness (QED) is 0.0283. The Hall–Kier alpha value is -2.29. The normalized spacial score (nSPS) is 14.1. The van der Waals surface area contributed by atoms with Crippen molar-refractivity contribution in [3.05, 3.63) is 60.8 Å². The second-order valence-electron chi connectivity index (χ2n) is 12.4. The summed E-state index contributed by atoms with van der Waals surface area (Å²) in [6.07, 6.45) is 41.1. The maximum absolute atomic E-state index is 12.5. The number of esters is 2. The van der Waals surface area contributed by atoms with E-state index in [1.807, 2.05) is 6.08 Å². The van der Waals surface area contributed by atoms with Crippen molar-refractivity contribution in [2.45, 2.75) is 155 Å². The maximum atomic E-state index is 12.5. The lowest BCUT2D eigenvalue weighted by atomic mass is 10.1. The topological polar surface area (TPSA) is 134 Å². The average molecular weight is 724 g/mol. The van der Waals surface area contributed by atoms with Crippen molar-refractivity contribution in [2.24, 2.45) is 5.73 Å². The first-order chi connectivity index (χ1) is 24.3. The number of hydrogen-bond donors (Lipinski definition) is 2. The fourth-order valence-electron chi connectivity index (χ4n) is 4.74. The molecule has 2 atom stereocenters. The number of ether oxygens (including phenoxy) is 2. The van der Waals surface area contributed by atoms with Gasteiger partial charge in [-0.3, -0.25) is 18.6 Å². The lowest BCUT2D eigenvalue weighted by Gasteiger charge is -2.19. The van der Waals surface area contributed by atoms with Gasteiger partial charge in [0.05, 0.1) is 13.2 Å². The predicted octanol–water partition coefficient (Wildman–Crippen LogP) is 10.5. The van der Waals surface area contributed by atoms with Crippen LogP contribution < -0.4 is 5.73 Å². The SMILES string of the molecule is CCCCC/C=C\C/C=C\C/C=C\C/C=C\CCCC(=O)O[C@H](COC(=O)CCCCCCC/C=C\CCCCC)COP(=O)(O)OCCN. The summed E-state index contributed by atoms with van der Waals surface area (Å²) in [4.78, 5) is 34.7. The Kier molecular flexibility index (Phi) is 34.8. The van der Waals surface area contributed by atoms with Crippen LogP contribution in [0, 0.1) is 0 Å². The molecule has 0 heterocycles. The zero-order valence-electron chi connectivity index (χ0n) is 31.4. The third kappa shape index (κ3) is 35.5. The van der Waals surface area contributed by atoms with Gasteiger partial charge in [0.25, 0.3) is 0 Å². The van der Waals surface area contributed by atoms with E-state index < -0.39 is 32.5 Å². The third-order valence-electron chi connectivity index (χ3n) is 7.63. The van der Waals surface area contributed by atoms with Crippen LogP contribution in [-0.4, -0.2) is 49.3 Å². The first-order valence-electron chi connectivity index (χ1n) is 19.3. The molecule has 288 valence electrons. The molecule has 3 N–H and O–H groups in total. The van der Waals surface area contributed by atoms with E-state index in [1.165, 1.54) is 44.9 Å². The lowest BCUT2D eigenvalue weighted by molar-refractivity contribution is -0.161. The Balaban J connectivity index is 4.36. The zero-order valence-corrected chi connectivity index (χ0v) is 32.3. The van der Waals surface area contributed by atoms with E-state index in [4.69, 9.17) is 24.3 Å². The van der Waals surface area contributed by atoms with E-state index in [2.05, 4.69) is 68.5 Å². The molecule has 0 fully saturated rings. The summed E-state index contributed by atoms with van der Waals surface area (Å²) >= 11 is 0. The Morgan fingerprint density at radius 3 is 1.62 bits per heavy atom. The van der Waals surface area contributed by atoms with Crippen LogP contribution in [0.5, 0.6) is 0 Å². The number of carbonyl (C=O) groups is 2. The third-order valence-corrected chi connectivity index (χ3v) is 8.61. The summed E-state index contributed by atoms with van der Waals surface area (Å²) in [5.41, 5.74) is 5.32. The highest BCUT2D eigenvalue weighted by Crippen LogP contribution is 2.43. The summed E-state index contributed by atoms with van der Waals surface area (Å²) in [5, 5.41) is 0. The summed E-state index contributed by atoms with van der Waals surface area (Å²) in [6.45, 7) is 3.58. The molecular formula is C40H70NO8P. The molecule has 0 saturated carbocycles. The van der Waals surface area contributed by atoms with Gasteiger partial charge >= 0.3 is 19.8 Å². The van der Waals surface area contributed by atoms with Crippen LogP contribution in [0.1, 0.15) is 149 Å². The molecule has 0 aromatic rings. The van der Waals surface area contributed by atoms with Crippen molar-refractivity contribution in [3.8, 4) is 0 Å². The molecule has 50 heavy (non-hydrogen) atoms. The van der Waals surface area contributed by atoms with Crippen LogP contribution in [0.15, 0.2) is 60.8 Å². The number of carbonyl (C=O) groups excluding carboxylic acids is 2. The highest BCUT2D eigenvalue weighted by molar-refractivity contribution is 7.47. The van der Waals surface area contributed by atoms with Crippen molar-refractivity contribution in [3.63, 3.8) is 0 Å². The molecule has 0 aliphatic carbocycles. The second kappa shape index (κ2) is 36.5. The van der Waals surface area contributed by atoms with E-state index in [0.717, 1.165) is 57.8 Å². The van der Waals surface area contributed by atoms with E-state index in [-0.39, 0.29) is 32.6 Å². The number of phosphoric ester groups is 1. The Labute approximate surface area is 304 Å². The fraction of sp³-hybridized carbons (Fsp3) is 0.700. The molecule has 0 aromatic carbocycles. The van der Waals surface area contributed by atoms with Crippen LogP contribution >= 0.6 is 7.82 Å². The fourth-order valence-corrected chi connectivity index (χ4v) is 5.50. The molecule has 0 aliphatic heterocycles. The van der Waals surface area contributed by atoms with Gasteiger partial charge in [0, 0.05) is 19.4 Å². The van der Waals surface area contributed by atoms with Gasteiger partial charge in [-0.2, -0.15) is 0 Å². The predicted molar refractivity (Wildman–Crippen MR) is 206 cm³/mol. The number of hydrogen-bond acceptors (Lipinski definition) is 8. The first-order valence-corrected chi connectivity index (χ1v) is 20.8. The molecule has 0 bridgehead atoms. The van der Waals surface area contributed by atoms with Gasteiger partial charge in [0.1, 0.15) is 6.61 Å². The molecular weight excluding hydrogens is 653 g/mol. The number of unbranched alkanes of at least 4 members (excludes halogenated alkanes) is 12. The average Bonchev–Trinajstić information content (AvgIpc) is 3.10. The van der Waals surface area contributed by atoms with Crippen LogP contribution in [0.4, 0.5) is 0 Å². The summed E-state index contributed by atoms with van der Waals surface area (Å²) in [7, 11) is -4.39.